The lowest BCUT2D eigenvalue weighted by atomic mass is 9.81. The molecule has 16 heavy (non-hydrogen) atoms. The molecule has 1 aliphatic rings. The van der Waals surface area contributed by atoms with Crippen molar-refractivity contribution in [2.24, 2.45) is 11.5 Å². The molecule has 0 spiro atoms. The van der Waals surface area contributed by atoms with Gasteiger partial charge in [0, 0.05) is 12.5 Å². The Morgan fingerprint density at radius 3 is 2.38 bits per heavy atom. The van der Waals surface area contributed by atoms with E-state index in [9.17, 15) is 9.59 Å². The van der Waals surface area contributed by atoms with Gasteiger partial charge in [-0.3, -0.25) is 9.59 Å². The van der Waals surface area contributed by atoms with E-state index < -0.39 is 11.4 Å². The number of hydrogen-bond acceptors (Lipinski definition) is 3. The maximum absolute atomic E-state index is 11.9. The first-order valence-electron chi connectivity index (χ1n) is 5.82. The van der Waals surface area contributed by atoms with Crippen LogP contribution in [0.5, 0.6) is 0 Å². The van der Waals surface area contributed by atoms with Gasteiger partial charge in [0.1, 0.15) is 0 Å². The second kappa shape index (κ2) is 5.30. The first kappa shape index (κ1) is 13.0. The smallest absolute Gasteiger partial charge is 0.240 e. The number of amides is 2. The van der Waals surface area contributed by atoms with Crippen LogP contribution in [0.3, 0.4) is 0 Å². The quantitative estimate of drug-likeness (QED) is 0.631. The van der Waals surface area contributed by atoms with Crippen molar-refractivity contribution >= 4 is 11.8 Å². The van der Waals surface area contributed by atoms with Crippen molar-refractivity contribution in [1.82, 2.24) is 5.32 Å². The average molecular weight is 227 g/mol. The fraction of sp³-hybridized carbons (Fsp3) is 0.818. The Balaban J connectivity index is 2.47. The summed E-state index contributed by atoms with van der Waals surface area (Å²) in [5.41, 5.74) is 10.4. The maximum atomic E-state index is 11.9. The molecule has 0 heterocycles. The first-order chi connectivity index (χ1) is 7.44. The van der Waals surface area contributed by atoms with E-state index in [0.29, 0.717) is 0 Å². The lowest BCUT2D eigenvalue weighted by Gasteiger charge is -2.32. The number of primary amides is 1. The van der Waals surface area contributed by atoms with Crippen LogP contribution in [0, 0.1) is 0 Å². The van der Waals surface area contributed by atoms with Crippen molar-refractivity contribution < 1.29 is 9.59 Å². The summed E-state index contributed by atoms with van der Waals surface area (Å²) < 4.78 is 0. The summed E-state index contributed by atoms with van der Waals surface area (Å²) in [6.07, 6.45) is 4.73. The van der Waals surface area contributed by atoms with Gasteiger partial charge in [-0.05, 0) is 19.8 Å². The number of carbonyl (C=O) groups excluding carboxylic acids is 2. The van der Waals surface area contributed by atoms with Crippen molar-refractivity contribution in [3.63, 3.8) is 0 Å². The Hall–Kier alpha value is -1.10. The largest absolute Gasteiger partial charge is 0.370 e. The SMILES string of the molecule is CC(CC(N)=O)NC(=O)C1(N)CCCCC1. The lowest BCUT2D eigenvalue weighted by molar-refractivity contribution is -0.128. The molecule has 0 radical (unpaired) electrons. The highest BCUT2D eigenvalue weighted by atomic mass is 16.2. The number of nitrogens with two attached hydrogens (primary N) is 2. The highest BCUT2D eigenvalue weighted by molar-refractivity contribution is 5.87. The van der Waals surface area contributed by atoms with Crippen molar-refractivity contribution in [3.8, 4) is 0 Å². The van der Waals surface area contributed by atoms with Crippen LogP contribution in [0.1, 0.15) is 45.4 Å². The van der Waals surface area contributed by atoms with Crippen LogP contribution >= 0.6 is 0 Å². The van der Waals surface area contributed by atoms with Crippen LogP contribution < -0.4 is 16.8 Å². The van der Waals surface area contributed by atoms with E-state index in [-0.39, 0.29) is 18.4 Å². The molecule has 0 saturated heterocycles. The van der Waals surface area contributed by atoms with Crippen molar-refractivity contribution in [2.75, 3.05) is 0 Å². The topological polar surface area (TPSA) is 98.2 Å². The predicted molar refractivity (Wildman–Crippen MR) is 61.4 cm³/mol. The Morgan fingerprint density at radius 1 is 1.31 bits per heavy atom. The van der Waals surface area contributed by atoms with E-state index in [1.807, 2.05) is 0 Å². The molecule has 1 unspecified atom stereocenters. The van der Waals surface area contributed by atoms with Crippen molar-refractivity contribution in [3.05, 3.63) is 0 Å². The molecule has 5 nitrogen and oxygen atoms in total. The van der Waals surface area contributed by atoms with E-state index in [1.165, 1.54) is 0 Å². The van der Waals surface area contributed by atoms with Gasteiger partial charge in [0.2, 0.25) is 11.8 Å². The molecule has 1 aliphatic carbocycles. The van der Waals surface area contributed by atoms with Crippen LogP contribution in [0.4, 0.5) is 0 Å². The van der Waals surface area contributed by atoms with Gasteiger partial charge < -0.3 is 16.8 Å². The maximum Gasteiger partial charge on any atom is 0.240 e. The third kappa shape index (κ3) is 3.48. The van der Waals surface area contributed by atoms with Gasteiger partial charge in [-0.2, -0.15) is 0 Å². The third-order valence-electron chi connectivity index (χ3n) is 3.08. The molecular formula is C11H21N3O2. The molecule has 2 amide bonds. The molecule has 1 atom stereocenters. The minimum atomic E-state index is -0.746. The van der Waals surface area contributed by atoms with Gasteiger partial charge in [-0.15, -0.1) is 0 Å². The molecule has 0 aromatic heterocycles. The average Bonchev–Trinajstić information content (AvgIpc) is 2.17. The summed E-state index contributed by atoms with van der Waals surface area (Å²) in [4.78, 5) is 22.6. The molecule has 0 aliphatic heterocycles. The van der Waals surface area contributed by atoms with Gasteiger partial charge >= 0.3 is 0 Å². The second-order valence-corrected chi connectivity index (χ2v) is 4.76. The standard InChI is InChI=1S/C11H21N3O2/c1-8(7-9(12)15)14-10(16)11(13)5-3-2-4-6-11/h8H,2-7,13H2,1H3,(H2,12,15)(H,14,16). The van der Waals surface area contributed by atoms with Gasteiger partial charge in [-0.1, -0.05) is 19.3 Å². The number of rotatable bonds is 4. The molecule has 0 aromatic rings. The normalized spacial score (nSPS) is 21.1. The number of nitrogens with one attached hydrogen (secondary N) is 1. The lowest BCUT2D eigenvalue weighted by Crippen LogP contribution is -2.56. The Kier molecular flexibility index (Phi) is 4.29. The molecule has 5 heteroatoms. The Morgan fingerprint density at radius 2 is 1.88 bits per heavy atom. The predicted octanol–water partition coefficient (Wildman–Crippen LogP) is 0.0281. The molecule has 1 fully saturated rings. The summed E-state index contributed by atoms with van der Waals surface area (Å²) in [6.45, 7) is 1.76. The third-order valence-corrected chi connectivity index (χ3v) is 3.08. The van der Waals surface area contributed by atoms with Gasteiger partial charge in [-0.25, -0.2) is 0 Å². The van der Waals surface area contributed by atoms with Crippen LogP contribution in [-0.4, -0.2) is 23.4 Å². The molecule has 0 aromatic carbocycles. The van der Waals surface area contributed by atoms with Gasteiger partial charge in [0.15, 0.2) is 0 Å². The van der Waals surface area contributed by atoms with E-state index in [1.54, 1.807) is 6.92 Å². The highest BCUT2D eigenvalue weighted by Gasteiger charge is 2.35. The zero-order valence-corrected chi connectivity index (χ0v) is 9.79. The molecular weight excluding hydrogens is 206 g/mol. The van der Waals surface area contributed by atoms with E-state index >= 15 is 0 Å². The number of hydrogen-bond donors (Lipinski definition) is 3. The Labute approximate surface area is 95.9 Å². The molecule has 5 N–H and O–H groups in total. The zero-order chi connectivity index (χ0) is 12.2. The fourth-order valence-electron chi connectivity index (χ4n) is 2.13. The summed E-state index contributed by atoms with van der Waals surface area (Å²) >= 11 is 0. The summed E-state index contributed by atoms with van der Waals surface area (Å²) in [7, 11) is 0. The van der Waals surface area contributed by atoms with Gasteiger partial charge in [0.25, 0.3) is 0 Å². The number of carbonyl (C=O) groups is 2. The molecule has 1 rings (SSSR count). The summed E-state index contributed by atoms with van der Waals surface area (Å²) in [6, 6.07) is -0.243. The minimum absolute atomic E-state index is 0.152. The van der Waals surface area contributed by atoms with Crippen molar-refractivity contribution in [2.45, 2.75) is 57.0 Å². The fourth-order valence-corrected chi connectivity index (χ4v) is 2.13. The summed E-state index contributed by atoms with van der Waals surface area (Å²) in [5.74, 6) is -0.566. The first-order valence-corrected chi connectivity index (χ1v) is 5.82. The van der Waals surface area contributed by atoms with Crippen LogP contribution in [0.2, 0.25) is 0 Å². The summed E-state index contributed by atoms with van der Waals surface area (Å²) in [5, 5.41) is 2.76. The second-order valence-electron chi connectivity index (χ2n) is 4.76. The van der Waals surface area contributed by atoms with Crippen LogP contribution in [0.15, 0.2) is 0 Å². The Bertz CT molecular complexity index is 272. The zero-order valence-electron chi connectivity index (χ0n) is 9.79. The van der Waals surface area contributed by atoms with E-state index in [2.05, 4.69) is 5.32 Å². The molecule has 0 bridgehead atoms. The van der Waals surface area contributed by atoms with E-state index in [4.69, 9.17) is 11.5 Å². The van der Waals surface area contributed by atoms with E-state index in [0.717, 1.165) is 32.1 Å². The monoisotopic (exact) mass is 227 g/mol. The minimum Gasteiger partial charge on any atom is -0.370 e. The van der Waals surface area contributed by atoms with Crippen LogP contribution in [0.25, 0.3) is 0 Å². The van der Waals surface area contributed by atoms with Gasteiger partial charge in [0.05, 0.1) is 5.54 Å². The van der Waals surface area contributed by atoms with Crippen molar-refractivity contribution in [1.29, 1.82) is 0 Å². The molecule has 1 saturated carbocycles. The van der Waals surface area contributed by atoms with Crippen LogP contribution in [-0.2, 0) is 9.59 Å². The highest BCUT2D eigenvalue weighted by Crippen LogP contribution is 2.26. The molecule has 92 valence electrons.